The minimum absolute atomic E-state index is 0.185. The summed E-state index contributed by atoms with van der Waals surface area (Å²) >= 11 is 0. The van der Waals surface area contributed by atoms with Crippen LogP contribution in [0.1, 0.15) is 57.2 Å². The Morgan fingerprint density at radius 1 is 0.885 bits per heavy atom. The Hall–Kier alpha value is -2.00. The molecule has 26 heavy (non-hydrogen) atoms. The van der Waals surface area contributed by atoms with E-state index in [0.717, 1.165) is 43.0 Å². The van der Waals surface area contributed by atoms with E-state index in [2.05, 4.69) is 70.3 Å². The van der Waals surface area contributed by atoms with Crippen molar-refractivity contribution in [2.75, 3.05) is 0 Å². The second-order valence-electron chi connectivity index (χ2n) is 7.04. The molecular weight excluding hydrogens is 322 g/mol. The van der Waals surface area contributed by atoms with E-state index in [-0.39, 0.29) is 12.2 Å². The number of hydrogen-bond donors (Lipinski definition) is 1. The van der Waals surface area contributed by atoms with Crippen LogP contribution in [0.15, 0.2) is 42.5 Å². The van der Waals surface area contributed by atoms with Gasteiger partial charge < -0.3 is 14.8 Å². The number of nitrogens with one attached hydrogen (secondary N) is 1. The first-order valence-corrected chi connectivity index (χ1v) is 9.74. The first kappa shape index (κ1) is 20.3. The molecule has 0 bridgehead atoms. The molecule has 3 nitrogen and oxygen atoms in total. The van der Waals surface area contributed by atoms with E-state index in [1.165, 1.54) is 11.1 Å². The van der Waals surface area contributed by atoms with Crippen LogP contribution in [0.3, 0.4) is 0 Å². The summed E-state index contributed by atoms with van der Waals surface area (Å²) in [5.41, 5.74) is 3.75. The number of aryl methyl sites for hydroxylation is 1. The molecule has 0 fully saturated rings. The zero-order valence-electron chi connectivity index (χ0n) is 16.8. The smallest absolute Gasteiger partial charge is 0.127 e. The molecule has 142 valence electrons. The maximum absolute atomic E-state index is 6.15. The van der Waals surface area contributed by atoms with Crippen molar-refractivity contribution in [3.05, 3.63) is 59.2 Å². The van der Waals surface area contributed by atoms with E-state index in [4.69, 9.17) is 9.47 Å². The molecule has 2 unspecified atom stereocenters. The molecular formula is C23H33NO2. The maximum Gasteiger partial charge on any atom is 0.127 e. The molecule has 0 aliphatic rings. The van der Waals surface area contributed by atoms with Crippen LogP contribution in [0.4, 0.5) is 0 Å². The van der Waals surface area contributed by atoms with Gasteiger partial charge in [0.15, 0.2) is 0 Å². The summed E-state index contributed by atoms with van der Waals surface area (Å²) in [6, 6.07) is 14.8. The summed E-state index contributed by atoms with van der Waals surface area (Å²) in [6.45, 7) is 12.2. The molecule has 3 heteroatoms. The lowest BCUT2D eigenvalue weighted by atomic mass is 10.1. The largest absolute Gasteiger partial charge is 0.491 e. The van der Waals surface area contributed by atoms with E-state index in [1.807, 2.05) is 12.1 Å². The second kappa shape index (κ2) is 10.2. The Bertz CT molecular complexity index is 684. The fraction of sp³-hybridized carbons (Fsp3) is 0.478. The van der Waals surface area contributed by atoms with Crippen LogP contribution in [-0.4, -0.2) is 12.2 Å². The van der Waals surface area contributed by atoms with Gasteiger partial charge in [-0.3, -0.25) is 0 Å². The van der Waals surface area contributed by atoms with Gasteiger partial charge in [0, 0.05) is 24.7 Å². The molecule has 0 aliphatic carbocycles. The monoisotopic (exact) mass is 355 g/mol. The van der Waals surface area contributed by atoms with E-state index < -0.39 is 0 Å². The summed E-state index contributed by atoms with van der Waals surface area (Å²) in [5.74, 6) is 1.79. The van der Waals surface area contributed by atoms with Gasteiger partial charge in [0.1, 0.15) is 11.5 Å². The molecule has 0 radical (unpaired) electrons. The van der Waals surface area contributed by atoms with Gasteiger partial charge in [-0.15, -0.1) is 0 Å². The lowest BCUT2D eigenvalue weighted by molar-refractivity contribution is 0.203. The van der Waals surface area contributed by atoms with Gasteiger partial charge in [-0.2, -0.15) is 0 Å². The summed E-state index contributed by atoms with van der Waals surface area (Å²) in [6.07, 6.45) is 2.36. The third kappa shape index (κ3) is 6.38. The van der Waals surface area contributed by atoms with Crippen molar-refractivity contribution in [3.63, 3.8) is 0 Å². The zero-order chi connectivity index (χ0) is 18.9. The number of ether oxygens (including phenoxy) is 2. The maximum atomic E-state index is 6.15. The average molecular weight is 356 g/mol. The average Bonchev–Trinajstić information content (AvgIpc) is 2.63. The standard InChI is InChI=1S/C23H33NO2/c1-6-18(4)25-22-12-11-21(23(14-22)26-19(5)7-2)16-24-15-20-10-8-9-17(3)13-20/h8-14,18-19,24H,6-7,15-16H2,1-5H3. The highest BCUT2D eigenvalue weighted by Crippen LogP contribution is 2.27. The molecule has 0 heterocycles. The Kier molecular flexibility index (Phi) is 7.99. The van der Waals surface area contributed by atoms with Crippen molar-refractivity contribution in [2.24, 2.45) is 0 Å². The van der Waals surface area contributed by atoms with Crippen LogP contribution >= 0.6 is 0 Å². The molecule has 0 saturated carbocycles. The number of benzene rings is 2. The molecule has 2 aromatic carbocycles. The SMILES string of the molecule is CCC(C)Oc1ccc(CNCc2cccc(C)c2)c(OC(C)CC)c1. The quantitative estimate of drug-likeness (QED) is 0.598. The van der Waals surface area contributed by atoms with Crippen molar-refractivity contribution in [1.29, 1.82) is 0 Å². The molecule has 2 atom stereocenters. The van der Waals surface area contributed by atoms with Crippen molar-refractivity contribution in [2.45, 2.75) is 72.8 Å². The topological polar surface area (TPSA) is 30.5 Å². The van der Waals surface area contributed by atoms with E-state index in [1.54, 1.807) is 0 Å². The third-order valence-electron chi connectivity index (χ3n) is 4.58. The summed E-state index contributed by atoms with van der Waals surface area (Å²) < 4.78 is 12.1. The highest BCUT2D eigenvalue weighted by molar-refractivity contribution is 5.41. The highest BCUT2D eigenvalue weighted by Gasteiger charge is 2.11. The number of rotatable bonds is 10. The third-order valence-corrected chi connectivity index (χ3v) is 4.58. The molecule has 1 N–H and O–H groups in total. The van der Waals surface area contributed by atoms with Crippen LogP contribution in [0.2, 0.25) is 0 Å². The second-order valence-corrected chi connectivity index (χ2v) is 7.04. The van der Waals surface area contributed by atoms with E-state index >= 15 is 0 Å². The van der Waals surface area contributed by atoms with Crippen molar-refractivity contribution < 1.29 is 9.47 Å². The van der Waals surface area contributed by atoms with Gasteiger partial charge in [0.05, 0.1) is 12.2 Å². The first-order chi connectivity index (χ1) is 12.5. The van der Waals surface area contributed by atoms with Gasteiger partial charge in [0.25, 0.3) is 0 Å². The minimum atomic E-state index is 0.185. The molecule has 2 rings (SSSR count). The van der Waals surface area contributed by atoms with Crippen LogP contribution in [0.5, 0.6) is 11.5 Å². The molecule has 0 saturated heterocycles. The first-order valence-electron chi connectivity index (χ1n) is 9.74. The summed E-state index contributed by atoms with van der Waals surface area (Å²) in [5, 5.41) is 3.53. The Labute approximate surface area is 158 Å². The fourth-order valence-corrected chi connectivity index (χ4v) is 2.64. The normalized spacial score (nSPS) is 13.3. The molecule has 2 aromatic rings. The van der Waals surface area contributed by atoms with Crippen LogP contribution in [-0.2, 0) is 13.1 Å². The van der Waals surface area contributed by atoms with Gasteiger partial charge in [0.2, 0.25) is 0 Å². The van der Waals surface area contributed by atoms with Crippen LogP contribution in [0.25, 0.3) is 0 Å². The Balaban J connectivity index is 2.06. The van der Waals surface area contributed by atoms with Gasteiger partial charge >= 0.3 is 0 Å². The lowest BCUT2D eigenvalue weighted by Gasteiger charge is -2.19. The Morgan fingerprint density at radius 2 is 1.62 bits per heavy atom. The van der Waals surface area contributed by atoms with Gasteiger partial charge in [-0.05, 0) is 45.2 Å². The molecule has 0 amide bonds. The predicted molar refractivity (Wildman–Crippen MR) is 109 cm³/mol. The van der Waals surface area contributed by atoms with Crippen LogP contribution < -0.4 is 14.8 Å². The number of hydrogen-bond acceptors (Lipinski definition) is 3. The van der Waals surface area contributed by atoms with Gasteiger partial charge in [-0.25, -0.2) is 0 Å². The molecule has 0 aromatic heterocycles. The van der Waals surface area contributed by atoms with E-state index in [0.29, 0.717) is 0 Å². The zero-order valence-corrected chi connectivity index (χ0v) is 16.8. The molecule has 0 spiro atoms. The van der Waals surface area contributed by atoms with Gasteiger partial charge in [-0.1, -0.05) is 49.7 Å². The van der Waals surface area contributed by atoms with Crippen molar-refractivity contribution in [3.8, 4) is 11.5 Å². The predicted octanol–water partition coefficient (Wildman–Crippen LogP) is 5.64. The summed E-state index contributed by atoms with van der Waals surface area (Å²) in [4.78, 5) is 0. The fourth-order valence-electron chi connectivity index (χ4n) is 2.64. The minimum Gasteiger partial charge on any atom is -0.491 e. The van der Waals surface area contributed by atoms with Crippen molar-refractivity contribution >= 4 is 0 Å². The van der Waals surface area contributed by atoms with E-state index in [9.17, 15) is 0 Å². The van der Waals surface area contributed by atoms with Crippen molar-refractivity contribution in [1.82, 2.24) is 5.32 Å². The van der Waals surface area contributed by atoms with Crippen LogP contribution in [0, 0.1) is 6.92 Å². The molecule has 0 aliphatic heterocycles. The Morgan fingerprint density at radius 3 is 2.31 bits per heavy atom. The lowest BCUT2D eigenvalue weighted by Crippen LogP contribution is -2.17. The summed E-state index contributed by atoms with van der Waals surface area (Å²) in [7, 11) is 0. The highest BCUT2D eigenvalue weighted by atomic mass is 16.5.